The van der Waals surface area contributed by atoms with Crippen molar-refractivity contribution in [2.45, 2.75) is 13.0 Å². The molecule has 0 saturated carbocycles. The van der Waals surface area contributed by atoms with Crippen LogP contribution in [0.2, 0.25) is 0 Å². The monoisotopic (exact) mass is 294 g/mol. The normalized spacial score (nSPS) is 11.1. The van der Waals surface area contributed by atoms with Crippen LogP contribution in [0, 0.1) is 10.1 Å². The highest BCUT2D eigenvalue weighted by molar-refractivity contribution is 5.88. The van der Waals surface area contributed by atoms with Gasteiger partial charge in [-0.05, 0) is 24.6 Å². The van der Waals surface area contributed by atoms with Gasteiger partial charge in [0.2, 0.25) is 6.10 Å². The van der Waals surface area contributed by atoms with Gasteiger partial charge in [-0.25, -0.2) is 9.59 Å². The largest absolute Gasteiger partial charge is 0.466 e. The number of nitrogens with one attached hydrogen (secondary N) is 1. The molecule has 0 aliphatic heterocycles. The van der Waals surface area contributed by atoms with Crippen LogP contribution >= 0.6 is 0 Å². The third-order valence-corrected chi connectivity index (χ3v) is 2.41. The molecule has 1 amide bonds. The van der Waals surface area contributed by atoms with Crippen LogP contribution in [0.15, 0.2) is 36.4 Å². The highest BCUT2D eigenvalue weighted by Crippen LogP contribution is 2.16. The van der Waals surface area contributed by atoms with Crippen LogP contribution in [0.3, 0.4) is 0 Å². The van der Waals surface area contributed by atoms with Crippen molar-refractivity contribution in [2.75, 3.05) is 12.4 Å². The lowest BCUT2D eigenvalue weighted by molar-refractivity contribution is -0.384. The van der Waals surface area contributed by atoms with Crippen LogP contribution in [0.4, 0.5) is 16.2 Å². The van der Waals surface area contributed by atoms with Gasteiger partial charge in [0.15, 0.2) is 0 Å². The fourth-order valence-corrected chi connectivity index (χ4v) is 1.38. The Kier molecular flexibility index (Phi) is 5.41. The van der Waals surface area contributed by atoms with Crippen LogP contribution < -0.4 is 5.32 Å². The minimum atomic E-state index is -1.21. The van der Waals surface area contributed by atoms with E-state index < -0.39 is 23.1 Å². The van der Waals surface area contributed by atoms with E-state index in [1.165, 1.54) is 31.2 Å². The molecule has 1 aromatic carbocycles. The molecule has 112 valence electrons. The highest BCUT2D eigenvalue weighted by Gasteiger charge is 2.24. The van der Waals surface area contributed by atoms with E-state index in [1.54, 1.807) is 0 Å². The third kappa shape index (κ3) is 4.60. The Balaban J connectivity index is 2.70. The maximum Gasteiger partial charge on any atom is 0.412 e. The lowest BCUT2D eigenvalue weighted by Crippen LogP contribution is -2.31. The number of nitrogens with zero attached hydrogens (tertiary/aromatic N) is 1. The van der Waals surface area contributed by atoms with Crippen molar-refractivity contribution in [1.29, 1.82) is 0 Å². The molecule has 0 aromatic heterocycles. The Labute approximate surface area is 120 Å². The van der Waals surface area contributed by atoms with Gasteiger partial charge in [-0.3, -0.25) is 15.4 Å². The van der Waals surface area contributed by atoms with Gasteiger partial charge in [-0.2, -0.15) is 0 Å². The molecule has 1 unspecified atom stereocenters. The summed E-state index contributed by atoms with van der Waals surface area (Å²) in [5, 5.41) is 12.8. The first-order valence-corrected chi connectivity index (χ1v) is 5.80. The first-order chi connectivity index (χ1) is 9.85. The number of ether oxygens (including phenoxy) is 2. The number of amides is 1. The van der Waals surface area contributed by atoms with Crippen molar-refractivity contribution in [1.82, 2.24) is 0 Å². The molecule has 0 heterocycles. The van der Waals surface area contributed by atoms with E-state index in [-0.39, 0.29) is 11.4 Å². The molecule has 8 nitrogen and oxygen atoms in total. The summed E-state index contributed by atoms with van der Waals surface area (Å²) in [5.41, 5.74) is 0.486. The third-order valence-electron chi connectivity index (χ3n) is 2.41. The first kappa shape index (κ1) is 16.2. The Morgan fingerprint density at radius 2 is 1.90 bits per heavy atom. The van der Waals surface area contributed by atoms with Gasteiger partial charge in [0.1, 0.15) is 0 Å². The number of non-ortho nitro benzene ring substituents is 1. The number of carbonyl (C=O) groups excluding carboxylic acids is 2. The van der Waals surface area contributed by atoms with E-state index in [1.807, 2.05) is 0 Å². The lowest BCUT2D eigenvalue weighted by atomic mass is 10.2. The number of benzene rings is 1. The summed E-state index contributed by atoms with van der Waals surface area (Å²) < 4.78 is 9.38. The number of esters is 1. The smallest absolute Gasteiger partial charge is 0.412 e. The number of carbonyl (C=O) groups is 2. The molecule has 21 heavy (non-hydrogen) atoms. The Morgan fingerprint density at radius 3 is 2.33 bits per heavy atom. The van der Waals surface area contributed by atoms with Crippen molar-refractivity contribution in [3.8, 4) is 0 Å². The van der Waals surface area contributed by atoms with E-state index >= 15 is 0 Å². The molecule has 0 spiro atoms. The number of nitro benzene ring substituents is 1. The van der Waals surface area contributed by atoms with E-state index in [0.29, 0.717) is 5.57 Å². The number of nitro groups is 1. The molecular weight excluding hydrogens is 280 g/mol. The van der Waals surface area contributed by atoms with Crippen molar-refractivity contribution in [2.24, 2.45) is 0 Å². The fourth-order valence-electron chi connectivity index (χ4n) is 1.38. The van der Waals surface area contributed by atoms with Crippen molar-refractivity contribution in [3.05, 3.63) is 46.5 Å². The van der Waals surface area contributed by atoms with Gasteiger partial charge in [-0.1, -0.05) is 6.58 Å². The molecule has 1 aromatic rings. The predicted molar refractivity (Wildman–Crippen MR) is 73.8 cm³/mol. The second kappa shape index (κ2) is 7.04. The minimum absolute atomic E-state index is 0.108. The van der Waals surface area contributed by atoms with Gasteiger partial charge in [0, 0.05) is 17.8 Å². The molecule has 0 saturated heterocycles. The zero-order valence-electron chi connectivity index (χ0n) is 11.5. The molecule has 0 fully saturated rings. The standard InChI is InChI=1S/C13H14N2O6/c1-8(2)11(12(16)20-3)21-13(17)14-9-4-6-10(7-5-9)15(18)19/h4-7,11H,1H2,2-3H3,(H,14,17). The fraction of sp³-hybridized carbons (Fsp3) is 0.231. The number of methoxy groups -OCH3 is 1. The maximum absolute atomic E-state index is 11.7. The second-order valence-electron chi connectivity index (χ2n) is 4.08. The summed E-state index contributed by atoms with van der Waals surface area (Å²) in [7, 11) is 1.16. The summed E-state index contributed by atoms with van der Waals surface area (Å²) in [5.74, 6) is -0.749. The molecule has 1 rings (SSSR count). The molecule has 0 aliphatic carbocycles. The summed E-state index contributed by atoms with van der Waals surface area (Å²) in [6.45, 7) is 5.05. The Hall–Kier alpha value is -2.90. The molecule has 0 radical (unpaired) electrons. The zero-order chi connectivity index (χ0) is 16.0. The average Bonchev–Trinajstić information content (AvgIpc) is 2.44. The van der Waals surface area contributed by atoms with Gasteiger partial charge in [0.05, 0.1) is 12.0 Å². The molecule has 0 bridgehead atoms. The molecule has 8 heteroatoms. The van der Waals surface area contributed by atoms with Crippen LogP contribution in [0.25, 0.3) is 0 Å². The van der Waals surface area contributed by atoms with Crippen molar-refractivity contribution >= 4 is 23.4 Å². The van der Waals surface area contributed by atoms with Gasteiger partial charge < -0.3 is 9.47 Å². The molecule has 1 atom stereocenters. The first-order valence-electron chi connectivity index (χ1n) is 5.80. The zero-order valence-corrected chi connectivity index (χ0v) is 11.5. The van der Waals surface area contributed by atoms with E-state index in [4.69, 9.17) is 4.74 Å². The molecule has 0 aliphatic rings. The molecule has 1 N–H and O–H groups in total. The average molecular weight is 294 g/mol. The second-order valence-corrected chi connectivity index (χ2v) is 4.08. The van der Waals surface area contributed by atoms with Crippen molar-refractivity contribution in [3.63, 3.8) is 0 Å². The maximum atomic E-state index is 11.7. The molecular formula is C13H14N2O6. The van der Waals surface area contributed by atoms with Crippen LogP contribution in [-0.4, -0.2) is 30.2 Å². The number of rotatable bonds is 5. The number of hydrogen-bond donors (Lipinski definition) is 1. The summed E-state index contributed by atoms with van der Waals surface area (Å²) in [6, 6.07) is 5.14. The number of hydrogen-bond acceptors (Lipinski definition) is 6. The summed E-state index contributed by atoms with van der Waals surface area (Å²) in [6.07, 6.45) is -2.12. The summed E-state index contributed by atoms with van der Waals surface area (Å²) >= 11 is 0. The topological polar surface area (TPSA) is 108 Å². The van der Waals surface area contributed by atoms with Gasteiger partial charge in [0.25, 0.3) is 5.69 Å². The predicted octanol–water partition coefficient (Wildman–Crippen LogP) is 2.26. The van der Waals surface area contributed by atoms with Crippen molar-refractivity contribution < 1.29 is 24.0 Å². The van der Waals surface area contributed by atoms with Crippen LogP contribution in [0.1, 0.15) is 6.92 Å². The SMILES string of the molecule is C=C(C)C(OC(=O)Nc1ccc([N+](=O)[O-])cc1)C(=O)OC. The highest BCUT2D eigenvalue weighted by atomic mass is 16.6. The lowest BCUT2D eigenvalue weighted by Gasteiger charge is -2.15. The van der Waals surface area contributed by atoms with Gasteiger partial charge in [-0.15, -0.1) is 0 Å². The van der Waals surface area contributed by atoms with Crippen LogP contribution in [0.5, 0.6) is 0 Å². The van der Waals surface area contributed by atoms with Crippen LogP contribution in [-0.2, 0) is 14.3 Å². The minimum Gasteiger partial charge on any atom is -0.466 e. The Morgan fingerprint density at radius 1 is 1.33 bits per heavy atom. The van der Waals surface area contributed by atoms with E-state index in [2.05, 4.69) is 16.6 Å². The summed E-state index contributed by atoms with van der Waals surface area (Å²) in [4.78, 5) is 33.0. The van der Waals surface area contributed by atoms with Gasteiger partial charge >= 0.3 is 12.1 Å². The van der Waals surface area contributed by atoms with E-state index in [0.717, 1.165) is 7.11 Å². The van der Waals surface area contributed by atoms with E-state index in [9.17, 15) is 19.7 Å². The quantitative estimate of drug-likeness (QED) is 0.386. The number of anilines is 1. The Bertz CT molecular complexity index is 567.